The molecule has 0 saturated heterocycles. The Morgan fingerprint density at radius 3 is 2.38 bits per heavy atom. The Labute approximate surface area is 132 Å². The largest absolute Gasteiger partial charge is 0.384 e. The normalized spacial score (nSPS) is 10.8. The first-order valence-corrected chi connectivity index (χ1v) is 7.21. The maximum Gasteiger partial charge on any atom is 0.122 e. The molecule has 0 fully saturated rings. The number of hydrogen-bond acceptors (Lipinski definition) is 2. The molecule has 21 heavy (non-hydrogen) atoms. The van der Waals surface area contributed by atoms with Crippen LogP contribution < -0.4 is 5.73 Å². The lowest BCUT2D eigenvalue weighted by molar-refractivity contribution is 0.700. The quantitative estimate of drug-likeness (QED) is 0.773. The van der Waals surface area contributed by atoms with E-state index < -0.39 is 0 Å². The molecule has 0 aliphatic heterocycles. The van der Waals surface area contributed by atoms with Gasteiger partial charge in [-0.15, -0.1) is 0 Å². The van der Waals surface area contributed by atoms with Gasteiger partial charge in [-0.05, 0) is 29.8 Å². The van der Waals surface area contributed by atoms with Gasteiger partial charge in [0.15, 0.2) is 0 Å². The highest BCUT2D eigenvalue weighted by Crippen LogP contribution is 2.24. The van der Waals surface area contributed by atoms with Crippen LogP contribution in [0.15, 0.2) is 54.6 Å². The Hall–Kier alpha value is -1.97. The Kier molecular flexibility index (Phi) is 3.86. The third-order valence-corrected chi connectivity index (χ3v) is 3.62. The van der Waals surface area contributed by atoms with Gasteiger partial charge in [0.05, 0.1) is 12.2 Å². The van der Waals surface area contributed by atoms with Gasteiger partial charge in [-0.3, -0.25) is 0 Å². The van der Waals surface area contributed by atoms with E-state index in [0.29, 0.717) is 22.4 Å². The smallest absolute Gasteiger partial charge is 0.122 e. The van der Waals surface area contributed by atoms with Gasteiger partial charge in [-0.2, -0.15) is 5.10 Å². The van der Waals surface area contributed by atoms with Crippen molar-refractivity contribution >= 4 is 29.0 Å². The van der Waals surface area contributed by atoms with Crippen LogP contribution in [0.3, 0.4) is 0 Å². The van der Waals surface area contributed by atoms with Gasteiger partial charge in [-0.1, -0.05) is 47.5 Å². The minimum Gasteiger partial charge on any atom is -0.384 e. The zero-order valence-corrected chi connectivity index (χ0v) is 12.6. The summed E-state index contributed by atoms with van der Waals surface area (Å²) in [5.74, 6) is 0.602. The van der Waals surface area contributed by atoms with Gasteiger partial charge in [0.25, 0.3) is 0 Å². The fraction of sp³-hybridized carbons (Fsp3) is 0.0625. The van der Waals surface area contributed by atoms with Gasteiger partial charge in [0, 0.05) is 21.7 Å². The van der Waals surface area contributed by atoms with E-state index in [2.05, 4.69) is 5.10 Å². The minimum absolute atomic E-state index is 0.576. The summed E-state index contributed by atoms with van der Waals surface area (Å²) >= 11 is 12.0. The molecule has 2 aromatic carbocycles. The average Bonchev–Trinajstić information content (AvgIpc) is 2.80. The van der Waals surface area contributed by atoms with Gasteiger partial charge in [0.1, 0.15) is 5.82 Å². The summed E-state index contributed by atoms with van der Waals surface area (Å²) in [4.78, 5) is 0. The number of halogens is 2. The summed E-state index contributed by atoms with van der Waals surface area (Å²) in [5, 5.41) is 5.91. The fourth-order valence-corrected chi connectivity index (χ4v) is 2.56. The Morgan fingerprint density at radius 1 is 0.952 bits per heavy atom. The van der Waals surface area contributed by atoms with Crippen molar-refractivity contribution in [3.8, 4) is 11.3 Å². The summed E-state index contributed by atoms with van der Waals surface area (Å²) in [5.41, 5.74) is 8.83. The molecule has 1 heterocycles. The summed E-state index contributed by atoms with van der Waals surface area (Å²) in [6.07, 6.45) is 0. The fourth-order valence-electron chi connectivity index (χ4n) is 2.16. The lowest BCUT2D eigenvalue weighted by Crippen LogP contribution is -2.05. The molecule has 3 aromatic rings. The second kappa shape index (κ2) is 5.80. The van der Waals surface area contributed by atoms with E-state index in [0.717, 1.165) is 16.8 Å². The van der Waals surface area contributed by atoms with E-state index in [1.54, 1.807) is 4.68 Å². The lowest BCUT2D eigenvalue weighted by atomic mass is 10.1. The van der Waals surface area contributed by atoms with Crippen LogP contribution in [0.25, 0.3) is 11.3 Å². The molecule has 5 heteroatoms. The molecular formula is C16H13Cl2N3. The summed E-state index contributed by atoms with van der Waals surface area (Å²) in [6, 6.07) is 17.0. The molecule has 106 valence electrons. The van der Waals surface area contributed by atoms with E-state index in [4.69, 9.17) is 28.9 Å². The summed E-state index contributed by atoms with van der Waals surface area (Å²) in [6.45, 7) is 0.576. The zero-order chi connectivity index (χ0) is 14.8. The lowest BCUT2D eigenvalue weighted by Gasteiger charge is -2.04. The maximum absolute atomic E-state index is 6.04. The molecule has 3 nitrogen and oxygen atoms in total. The number of aromatic nitrogens is 2. The molecule has 0 atom stereocenters. The number of anilines is 1. The van der Waals surface area contributed by atoms with Crippen LogP contribution in [0.2, 0.25) is 10.0 Å². The molecule has 0 bridgehead atoms. The highest BCUT2D eigenvalue weighted by molar-refractivity contribution is 6.31. The zero-order valence-electron chi connectivity index (χ0n) is 11.1. The highest BCUT2D eigenvalue weighted by atomic mass is 35.5. The molecule has 0 radical (unpaired) electrons. The van der Waals surface area contributed by atoms with Crippen LogP contribution in [0, 0.1) is 0 Å². The Morgan fingerprint density at radius 2 is 1.67 bits per heavy atom. The molecule has 0 unspecified atom stereocenters. The van der Waals surface area contributed by atoms with E-state index in [9.17, 15) is 0 Å². The van der Waals surface area contributed by atoms with Gasteiger partial charge in [0.2, 0.25) is 0 Å². The predicted molar refractivity (Wildman–Crippen MR) is 87.6 cm³/mol. The molecule has 3 rings (SSSR count). The van der Waals surface area contributed by atoms with Crippen LogP contribution in [-0.4, -0.2) is 9.78 Å². The second-order valence-corrected chi connectivity index (χ2v) is 5.63. The van der Waals surface area contributed by atoms with Crippen molar-refractivity contribution in [1.82, 2.24) is 9.78 Å². The van der Waals surface area contributed by atoms with Gasteiger partial charge in [-0.25, -0.2) is 4.68 Å². The highest BCUT2D eigenvalue weighted by Gasteiger charge is 2.08. The Balaban J connectivity index is 1.91. The van der Waals surface area contributed by atoms with Crippen molar-refractivity contribution in [2.24, 2.45) is 0 Å². The van der Waals surface area contributed by atoms with Crippen LogP contribution in [0.5, 0.6) is 0 Å². The molecule has 2 N–H and O–H groups in total. The van der Waals surface area contributed by atoms with E-state index >= 15 is 0 Å². The van der Waals surface area contributed by atoms with Gasteiger partial charge < -0.3 is 5.73 Å². The van der Waals surface area contributed by atoms with Crippen molar-refractivity contribution in [2.45, 2.75) is 6.54 Å². The van der Waals surface area contributed by atoms with Gasteiger partial charge >= 0.3 is 0 Å². The van der Waals surface area contributed by atoms with Crippen molar-refractivity contribution in [2.75, 3.05) is 5.73 Å². The van der Waals surface area contributed by atoms with Crippen molar-refractivity contribution in [3.05, 3.63) is 70.2 Å². The number of rotatable bonds is 3. The molecule has 0 saturated carbocycles. The topological polar surface area (TPSA) is 43.8 Å². The number of nitrogen functional groups attached to an aromatic ring is 1. The van der Waals surface area contributed by atoms with Crippen LogP contribution in [-0.2, 0) is 6.54 Å². The molecule has 1 aromatic heterocycles. The number of nitrogens with two attached hydrogens (primary N) is 1. The number of benzene rings is 2. The number of nitrogens with zero attached hydrogens (tertiary/aromatic N) is 2. The predicted octanol–water partition coefficient (Wildman–Crippen LogP) is 4.49. The second-order valence-electron chi connectivity index (χ2n) is 4.75. The van der Waals surface area contributed by atoms with E-state index in [1.807, 2.05) is 54.6 Å². The number of hydrogen-bond donors (Lipinski definition) is 1. The first-order chi connectivity index (χ1) is 10.1. The van der Waals surface area contributed by atoms with Crippen LogP contribution in [0.4, 0.5) is 5.82 Å². The first kappa shape index (κ1) is 14.0. The molecule has 0 spiro atoms. The molecule has 0 amide bonds. The summed E-state index contributed by atoms with van der Waals surface area (Å²) in [7, 11) is 0. The molecule has 0 aliphatic carbocycles. The maximum atomic E-state index is 6.04. The van der Waals surface area contributed by atoms with Crippen molar-refractivity contribution in [3.63, 3.8) is 0 Å². The third kappa shape index (κ3) is 3.20. The van der Waals surface area contributed by atoms with E-state index in [1.165, 1.54) is 0 Å². The van der Waals surface area contributed by atoms with Crippen LogP contribution in [0.1, 0.15) is 5.56 Å². The SMILES string of the molecule is Nc1cc(-c2cccc(Cl)c2)nn1Cc1cccc(Cl)c1. The van der Waals surface area contributed by atoms with E-state index in [-0.39, 0.29) is 0 Å². The Bertz CT molecular complexity index is 781. The monoisotopic (exact) mass is 317 g/mol. The standard InChI is InChI=1S/C16H13Cl2N3/c17-13-5-1-3-11(7-13)10-21-16(19)9-15(20-21)12-4-2-6-14(18)8-12/h1-9H,10,19H2. The molecule has 0 aliphatic rings. The first-order valence-electron chi connectivity index (χ1n) is 6.45. The third-order valence-electron chi connectivity index (χ3n) is 3.15. The average molecular weight is 318 g/mol. The van der Waals surface area contributed by atoms with Crippen molar-refractivity contribution < 1.29 is 0 Å². The van der Waals surface area contributed by atoms with Crippen LogP contribution >= 0.6 is 23.2 Å². The summed E-state index contributed by atoms with van der Waals surface area (Å²) < 4.78 is 1.75. The molecular weight excluding hydrogens is 305 g/mol. The minimum atomic E-state index is 0.576. The van der Waals surface area contributed by atoms with Crippen molar-refractivity contribution in [1.29, 1.82) is 0 Å².